The van der Waals surface area contributed by atoms with E-state index in [4.69, 9.17) is 11.5 Å². The first kappa shape index (κ1) is 14.9. The van der Waals surface area contributed by atoms with E-state index >= 15 is 0 Å². The Balaban J connectivity index is 2.45. The Morgan fingerprint density at radius 1 is 1.26 bits per heavy atom. The van der Waals surface area contributed by atoms with Crippen molar-refractivity contribution in [2.45, 2.75) is 13.5 Å². The number of nitrogens with zero attached hydrogens (tertiary/aromatic N) is 2. The second-order valence-corrected chi connectivity index (χ2v) is 5.23. The molecule has 2 heterocycles. The van der Waals surface area contributed by atoms with Gasteiger partial charge in [-0.3, -0.25) is 9.78 Å². The van der Waals surface area contributed by atoms with E-state index in [1.165, 1.54) is 0 Å². The predicted octanol–water partition coefficient (Wildman–Crippen LogP) is 1.78. The SMILES string of the molecule is Cc1c(CO)cccc1-c1c(N)c(C(N)=O)nc2cccnc12. The number of pyridine rings is 2. The van der Waals surface area contributed by atoms with Gasteiger partial charge in [0.05, 0.1) is 23.3 Å². The standard InChI is InChI=1S/C17H16N4O2/c1-9-10(8-22)4-2-5-11(9)13-14(18)16(17(19)23)21-12-6-3-7-20-15(12)13/h2-7,22H,8,18H2,1H3,(H2,19,23). The molecular formula is C17H16N4O2. The van der Waals surface area contributed by atoms with Crippen molar-refractivity contribution in [3.05, 3.63) is 53.3 Å². The minimum Gasteiger partial charge on any atom is -0.396 e. The molecule has 3 rings (SSSR count). The molecule has 1 aromatic carbocycles. The Kier molecular flexibility index (Phi) is 3.67. The zero-order chi connectivity index (χ0) is 16.6. The molecule has 6 nitrogen and oxygen atoms in total. The molecule has 1 amide bonds. The van der Waals surface area contributed by atoms with Crippen molar-refractivity contribution in [1.29, 1.82) is 0 Å². The van der Waals surface area contributed by atoms with Crippen molar-refractivity contribution in [2.75, 3.05) is 5.73 Å². The van der Waals surface area contributed by atoms with E-state index in [9.17, 15) is 9.90 Å². The van der Waals surface area contributed by atoms with Crippen LogP contribution in [0.15, 0.2) is 36.5 Å². The van der Waals surface area contributed by atoms with Crippen molar-refractivity contribution in [1.82, 2.24) is 9.97 Å². The van der Waals surface area contributed by atoms with Crippen LogP contribution in [0.1, 0.15) is 21.6 Å². The van der Waals surface area contributed by atoms with Gasteiger partial charge >= 0.3 is 0 Å². The summed E-state index contributed by atoms with van der Waals surface area (Å²) in [7, 11) is 0. The Labute approximate surface area is 132 Å². The van der Waals surface area contributed by atoms with Crippen LogP contribution in [0, 0.1) is 6.92 Å². The average molecular weight is 308 g/mol. The third kappa shape index (κ3) is 2.39. The van der Waals surface area contributed by atoms with Gasteiger partial charge in [0, 0.05) is 11.8 Å². The zero-order valence-electron chi connectivity index (χ0n) is 12.6. The second-order valence-electron chi connectivity index (χ2n) is 5.23. The number of fused-ring (bicyclic) bond motifs is 1. The van der Waals surface area contributed by atoms with Crippen LogP contribution in [0.4, 0.5) is 5.69 Å². The van der Waals surface area contributed by atoms with Gasteiger partial charge in [0.1, 0.15) is 0 Å². The van der Waals surface area contributed by atoms with E-state index in [1.54, 1.807) is 18.3 Å². The number of aromatic nitrogens is 2. The van der Waals surface area contributed by atoms with Crippen LogP contribution in [0.25, 0.3) is 22.2 Å². The van der Waals surface area contributed by atoms with Crippen molar-refractivity contribution in [3.8, 4) is 11.1 Å². The van der Waals surface area contributed by atoms with Crippen LogP contribution in [0.3, 0.4) is 0 Å². The van der Waals surface area contributed by atoms with Gasteiger partial charge < -0.3 is 16.6 Å². The van der Waals surface area contributed by atoms with Crippen LogP contribution in [0.2, 0.25) is 0 Å². The lowest BCUT2D eigenvalue weighted by Crippen LogP contribution is -2.17. The maximum Gasteiger partial charge on any atom is 0.269 e. The third-order valence-electron chi connectivity index (χ3n) is 3.90. The number of aliphatic hydroxyl groups excluding tert-OH is 1. The fourth-order valence-corrected chi connectivity index (χ4v) is 2.69. The molecule has 0 atom stereocenters. The molecular weight excluding hydrogens is 292 g/mol. The Morgan fingerprint density at radius 2 is 2.04 bits per heavy atom. The fraction of sp³-hybridized carbons (Fsp3) is 0.118. The number of primary amides is 1. The molecule has 0 saturated heterocycles. The summed E-state index contributed by atoms with van der Waals surface area (Å²) < 4.78 is 0. The molecule has 3 aromatic rings. The van der Waals surface area contributed by atoms with E-state index in [1.807, 2.05) is 25.1 Å². The first-order valence-corrected chi connectivity index (χ1v) is 7.08. The number of amides is 1. The van der Waals surface area contributed by atoms with E-state index < -0.39 is 5.91 Å². The van der Waals surface area contributed by atoms with E-state index in [-0.39, 0.29) is 18.0 Å². The number of benzene rings is 1. The highest BCUT2D eigenvalue weighted by Crippen LogP contribution is 2.36. The number of nitrogens with two attached hydrogens (primary N) is 2. The lowest BCUT2D eigenvalue weighted by atomic mass is 9.94. The highest BCUT2D eigenvalue weighted by atomic mass is 16.3. The molecule has 0 radical (unpaired) electrons. The van der Waals surface area contributed by atoms with Crippen molar-refractivity contribution >= 4 is 22.6 Å². The lowest BCUT2D eigenvalue weighted by Gasteiger charge is -2.15. The predicted molar refractivity (Wildman–Crippen MR) is 88.6 cm³/mol. The summed E-state index contributed by atoms with van der Waals surface area (Å²) >= 11 is 0. The van der Waals surface area contributed by atoms with Crippen LogP contribution >= 0.6 is 0 Å². The number of aliphatic hydroxyl groups is 1. The molecule has 0 saturated carbocycles. The minimum atomic E-state index is -0.689. The highest BCUT2D eigenvalue weighted by molar-refractivity contribution is 6.07. The second kappa shape index (κ2) is 5.66. The van der Waals surface area contributed by atoms with Gasteiger partial charge in [-0.25, -0.2) is 4.98 Å². The summed E-state index contributed by atoms with van der Waals surface area (Å²) in [4.78, 5) is 20.3. The molecule has 5 N–H and O–H groups in total. The maximum atomic E-state index is 11.7. The van der Waals surface area contributed by atoms with Gasteiger partial charge in [0.25, 0.3) is 5.91 Å². The summed E-state index contributed by atoms with van der Waals surface area (Å²) in [5, 5.41) is 9.48. The molecule has 0 aliphatic carbocycles. The van der Waals surface area contributed by atoms with Crippen molar-refractivity contribution in [3.63, 3.8) is 0 Å². The van der Waals surface area contributed by atoms with Gasteiger partial charge in [-0.05, 0) is 35.7 Å². The number of rotatable bonds is 3. The average Bonchev–Trinajstić information content (AvgIpc) is 2.55. The van der Waals surface area contributed by atoms with Crippen LogP contribution in [-0.2, 0) is 6.61 Å². The molecule has 0 bridgehead atoms. The summed E-state index contributed by atoms with van der Waals surface area (Å²) in [6.07, 6.45) is 1.64. The lowest BCUT2D eigenvalue weighted by molar-refractivity contribution is 0.0997. The topological polar surface area (TPSA) is 115 Å². The molecule has 0 aliphatic rings. The third-order valence-corrected chi connectivity index (χ3v) is 3.90. The molecule has 0 unspecified atom stereocenters. The van der Waals surface area contributed by atoms with Crippen LogP contribution in [-0.4, -0.2) is 21.0 Å². The molecule has 0 spiro atoms. The number of hydrogen-bond donors (Lipinski definition) is 3. The van der Waals surface area contributed by atoms with E-state index in [2.05, 4.69) is 9.97 Å². The first-order chi connectivity index (χ1) is 11.0. The summed E-state index contributed by atoms with van der Waals surface area (Å²) in [6, 6.07) is 9.02. The summed E-state index contributed by atoms with van der Waals surface area (Å²) in [5.41, 5.74) is 16.0. The van der Waals surface area contributed by atoms with Gasteiger partial charge in [-0.15, -0.1) is 0 Å². The van der Waals surface area contributed by atoms with Gasteiger partial charge in [0.15, 0.2) is 5.69 Å². The van der Waals surface area contributed by atoms with Crippen LogP contribution in [0.5, 0.6) is 0 Å². The fourth-order valence-electron chi connectivity index (χ4n) is 2.69. The zero-order valence-corrected chi connectivity index (χ0v) is 12.6. The van der Waals surface area contributed by atoms with E-state index in [0.29, 0.717) is 16.6 Å². The van der Waals surface area contributed by atoms with Gasteiger partial charge in [0.2, 0.25) is 0 Å². The number of carbonyl (C=O) groups is 1. The number of carbonyl (C=O) groups excluding carboxylic acids is 1. The highest BCUT2D eigenvalue weighted by Gasteiger charge is 2.20. The molecule has 23 heavy (non-hydrogen) atoms. The maximum absolute atomic E-state index is 11.7. The van der Waals surface area contributed by atoms with E-state index in [0.717, 1.165) is 16.7 Å². The number of anilines is 1. The Bertz CT molecular complexity index is 922. The number of nitrogen functional groups attached to an aromatic ring is 1. The largest absolute Gasteiger partial charge is 0.396 e. The number of hydrogen-bond acceptors (Lipinski definition) is 5. The van der Waals surface area contributed by atoms with Gasteiger partial charge in [-0.2, -0.15) is 0 Å². The smallest absolute Gasteiger partial charge is 0.269 e. The quantitative estimate of drug-likeness (QED) is 0.682. The molecule has 0 fully saturated rings. The van der Waals surface area contributed by atoms with Crippen LogP contribution < -0.4 is 11.5 Å². The summed E-state index contributed by atoms with van der Waals surface area (Å²) in [6.45, 7) is 1.80. The Hall–Kier alpha value is -2.99. The molecule has 116 valence electrons. The molecule has 0 aliphatic heterocycles. The Morgan fingerprint density at radius 3 is 2.74 bits per heavy atom. The first-order valence-electron chi connectivity index (χ1n) is 7.08. The van der Waals surface area contributed by atoms with Gasteiger partial charge in [-0.1, -0.05) is 18.2 Å². The van der Waals surface area contributed by atoms with Crippen molar-refractivity contribution in [2.24, 2.45) is 5.73 Å². The molecule has 2 aromatic heterocycles. The minimum absolute atomic E-state index is 0.0225. The summed E-state index contributed by atoms with van der Waals surface area (Å²) in [5.74, 6) is -0.689. The normalized spacial score (nSPS) is 10.9. The van der Waals surface area contributed by atoms with Crippen molar-refractivity contribution < 1.29 is 9.90 Å². The molecule has 6 heteroatoms. The monoisotopic (exact) mass is 308 g/mol.